The van der Waals surface area contributed by atoms with Crippen molar-refractivity contribution in [1.82, 2.24) is 0 Å². The van der Waals surface area contributed by atoms with Crippen LogP contribution in [0, 0.1) is 0 Å². The van der Waals surface area contributed by atoms with Gasteiger partial charge < -0.3 is 4.74 Å². The minimum atomic E-state index is -0.536. The Bertz CT molecular complexity index is 443. The molecule has 5 heteroatoms. The first kappa shape index (κ1) is 14.2. The Labute approximate surface area is 113 Å². The van der Waals surface area contributed by atoms with Crippen LogP contribution >= 0.6 is 27.5 Å². The van der Waals surface area contributed by atoms with Crippen molar-refractivity contribution < 1.29 is 14.3 Å². The number of halogens is 2. The monoisotopic (exact) mass is 318 g/mol. The molecular weight excluding hydrogens is 307 g/mol. The molecule has 1 aromatic carbocycles. The molecule has 0 aliphatic heterocycles. The summed E-state index contributed by atoms with van der Waals surface area (Å²) in [4.78, 5) is 23.2. The molecule has 0 aliphatic rings. The molecule has 0 aliphatic carbocycles. The van der Waals surface area contributed by atoms with Crippen molar-refractivity contribution in [3.05, 3.63) is 34.3 Å². The van der Waals surface area contributed by atoms with Gasteiger partial charge in [0.1, 0.15) is 0 Å². The predicted octanol–water partition coefficient (Wildman–Crippen LogP) is 3.48. The lowest BCUT2D eigenvalue weighted by Gasteiger charge is -2.09. The van der Waals surface area contributed by atoms with Crippen molar-refractivity contribution in [1.29, 1.82) is 0 Å². The zero-order chi connectivity index (χ0) is 13.0. The fraction of sp³-hybridized carbons (Fsp3) is 0.333. The van der Waals surface area contributed by atoms with Gasteiger partial charge in [-0.1, -0.05) is 27.5 Å². The average molecular weight is 320 g/mol. The van der Waals surface area contributed by atoms with Gasteiger partial charge in [-0.05, 0) is 32.0 Å². The number of carbonyl (C=O) groups excluding carboxylic acids is 2. The number of rotatable bonds is 4. The zero-order valence-corrected chi connectivity index (χ0v) is 11.8. The van der Waals surface area contributed by atoms with Crippen LogP contribution in [0.5, 0.6) is 0 Å². The quantitative estimate of drug-likeness (QED) is 0.485. The Morgan fingerprint density at radius 2 is 2.06 bits per heavy atom. The molecule has 1 aromatic rings. The van der Waals surface area contributed by atoms with Crippen molar-refractivity contribution in [3.8, 4) is 0 Å². The molecule has 1 rings (SSSR count). The fourth-order valence-corrected chi connectivity index (χ4v) is 1.74. The van der Waals surface area contributed by atoms with Crippen molar-refractivity contribution in [3.63, 3.8) is 0 Å². The maximum atomic E-state index is 11.9. The molecule has 0 radical (unpaired) electrons. The Kier molecular flexibility index (Phi) is 5.15. The molecule has 3 nitrogen and oxygen atoms in total. The van der Waals surface area contributed by atoms with Crippen LogP contribution in [-0.2, 0) is 4.74 Å². The summed E-state index contributed by atoms with van der Waals surface area (Å²) < 4.78 is 4.89. The normalized spacial score (nSPS) is 12.0. The number of carbonyl (C=O) groups is 2. The first-order valence-electron chi connectivity index (χ1n) is 5.12. The summed E-state index contributed by atoms with van der Waals surface area (Å²) in [5, 5.41) is 0.395. The molecule has 0 N–H and O–H groups in total. The molecule has 0 spiro atoms. The van der Waals surface area contributed by atoms with Gasteiger partial charge in [-0.15, -0.1) is 0 Å². The lowest BCUT2D eigenvalue weighted by Crippen LogP contribution is -2.16. The Morgan fingerprint density at radius 3 is 2.59 bits per heavy atom. The van der Waals surface area contributed by atoms with Crippen molar-refractivity contribution in [2.24, 2.45) is 0 Å². The van der Waals surface area contributed by atoms with E-state index in [0.29, 0.717) is 10.6 Å². The van der Waals surface area contributed by atoms with E-state index in [1.54, 1.807) is 19.9 Å². The molecular formula is C12H12BrClO3. The van der Waals surface area contributed by atoms with Gasteiger partial charge in [0, 0.05) is 10.6 Å². The Morgan fingerprint density at radius 1 is 1.41 bits per heavy atom. The number of ketones is 1. The smallest absolute Gasteiger partial charge is 0.338 e. The highest BCUT2D eigenvalue weighted by Gasteiger charge is 2.21. The minimum absolute atomic E-state index is 0.176. The third kappa shape index (κ3) is 3.54. The van der Waals surface area contributed by atoms with Crippen LogP contribution in [0.15, 0.2) is 18.2 Å². The van der Waals surface area contributed by atoms with Gasteiger partial charge >= 0.3 is 5.97 Å². The highest BCUT2D eigenvalue weighted by atomic mass is 79.9. The largest absolute Gasteiger partial charge is 0.462 e. The van der Waals surface area contributed by atoms with E-state index in [-0.39, 0.29) is 22.8 Å². The summed E-state index contributed by atoms with van der Waals surface area (Å²) >= 11 is 9.00. The van der Waals surface area contributed by atoms with Gasteiger partial charge in [-0.25, -0.2) is 4.79 Å². The number of ether oxygens (including phenoxy) is 1. The summed E-state index contributed by atoms with van der Waals surface area (Å²) in [7, 11) is 0. The zero-order valence-electron chi connectivity index (χ0n) is 9.50. The van der Waals surface area contributed by atoms with Crippen LogP contribution in [0.1, 0.15) is 34.6 Å². The SMILES string of the molecule is CCOC(=O)c1cc(Cl)ccc1C(=O)C(C)Br. The third-order valence-corrected chi connectivity index (χ3v) is 2.75. The molecule has 0 amide bonds. The second-order valence-corrected chi connectivity index (χ2v) is 5.20. The van der Waals surface area contributed by atoms with Crippen LogP contribution in [0.25, 0.3) is 0 Å². The van der Waals surface area contributed by atoms with E-state index in [0.717, 1.165) is 0 Å². The van der Waals surface area contributed by atoms with E-state index in [4.69, 9.17) is 16.3 Å². The van der Waals surface area contributed by atoms with Gasteiger partial charge in [0.25, 0.3) is 0 Å². The molecule has 17 heavy (non-hydrogen) atoms. The number of benzene rings is 1. The highest BCUT2D eigenvalue weighted by Crippen LogP contribution is 2.20. The average Bonchev–Trinajstić information content (AvgIpc) is 2.28. The molecule has 1 atom stereocenters. The summed E-state index contributed by atoms with van der Waals surface area (Å²) in [6.07, 6.45) is 0. The first-order chi connectivity index (χ1) is 7.97. The summed E-state index contributed by atoms with van der Waals surface area (Å²) in [6.45, 7) is 3.66. The van der Waals surface area contributed by atoms with Crippen molar-refractivity contribution in [2.45, 2.75) is 18.7 Å². The second kappa shape index (κ2) is 6.17. The van der Waals surface area contributed by atoms with E-state index >= 15 is 0 Å². The van der Waals surface area contributed by atoms with Gasteiger partial charge in [0.2, 0.25) is 0 Å². The summed E-state index contributed by atoms with van der Waals surface area (Å²) in [5.41, 5.74) is 0.521. The van der Waals surface area contributed by atoms with Gasteiger partial charge in [0.15, 0.2) is 5.78 Å². The van der Waals surface area contributed by atoms with Crippen molar-refractivity contribution >= 4 is 39.3 Å². The number of Topliss-reactive ketones (excluding diaryl/α,β-unsaturated/α-hetero) is 1. The maximum Gasteiger partial charge on any atom is 0.338 e. The van der Waals surface area contributed by atoms with Crippen molar-refractivity contribution in [2.75, 3.05) is 6.61 Å². The fourth-order valence-electron chi connectivity index (χ4n) is 1.32. The number of hydrogen-bond donors (Lipinski definition) is 0. The van der Waals surface area contributed by atoms with Crippen LogP contribution < -0.4 is 0 Å². The van der Waals surface area contributed by atoms with E-state index < -0.39 is 5.97 Å². The molecule has 92 valence electrons. The van der Waals surface area contributed by atoms with Gasteiger partial charge in [-0.2, -0.15) is 0 Å². The van der Waals surface area contributed by atoms with Crippen LogP contribution in [-0.4, -0.2) is 23.2 Å². The molecule has 0 saturated carbocycles. The van der Waals surface area contributed by atoms with Crippen LogP contribution in [0.4, 0.5) is 0 Å². The molecule has 0 aromatic heterocycles. The van der Waals surface area contributed by atoms with Gasteiger partial charge in [-0.3, -0.25) is 4.79 Å². The maximum absolute atomic E-state index is 11.9. The minimum Gasteiger partial charge on any atom is -0.462 e. The summed E-state index contributed by atoms with van der Waals surface area (Å²) in [6, 6.07) is 4.56. The predicted molar refractivity (Wildman–Crippen MR) is 70.1 cm³/mol. The van der Waals surface area contributed by atoms with Gasteiger partial charge in [0.05, 0.1) is 17.0 Å². The molecule has 1 unspecified atom stereocenters. The number of alkyl halides is 1. The Hall–Kier alpha value is -0.870. The molecule has 0 saturated heterocycles. The Balaban J connectivity index is 3.21. The molecule has 0 heterocycles. The standard InChI is InChI=1S/C12H12BrClO3/c1-3-17-12(16)10-6-8(14)4-5-9(10)11(15)7(2)13/h4-7H,3H2,1-2H3. The number of hydrogen-bond acceptors (Lipinski definition) is 3. The number of esters is 1. The topological polar surface area (TPSA) is 43.4 Å². The lowest BCUT2D eigenvalue weighted by atomic mass is 10.0. The summed E-state index contributed by atoms with van der Waals surface area (Å²) in [5.74, 6) is -0.712. The van der Waals surface area contributed by atoms with E-state index in [1.165, 1.54) is 12.1 Å². The molecule has 0 bridgehead atoms. The van der Waals surface area contributed by atoms with Crippen LogP contribution in [0.2, 0.25) is 5.02 Å². The van der Waals surface area contributed by atoms with E-state index in [1.807, 2.05) is 0 Å². The van der Waals surface area contributed by atoms with E-state index in [2.05, 4.69) is 15.9 Å². The van der Waals surface area contributed by atoms with Crippen LogP contribution in [0.3, 0.4) is 0 Å². The second-order valence-electron chi connectivity index (χ2n) is 3.39. The first-order valence-corrected chi connectivity index (χ1v) is 6.41. The third-order valence-electron chi connectivity index (χ3n) is 2.10. The molecule has 0 fully saturated rings. The lowest BCUT2D eigenvalue weighted by molar-refractivity contribution is 0.0523. The van der Waals surface area contributed by atoms with E-state index in [9.17, 15) is 9.59 Å². The highest BCUT2D eigenvalue weighted by molar-refractivity contribution is 9.10.